The smallest absolute Gasteiger partial charge is 0.253 e. The second-order valence-electron chi connectivity index (χ2n) is 7.06. The Morgan fingerprint density at radius 3 is 2.67 bits per heavy atom. The number of nitrogens with zero attached hydrogens (tertiary/aromatic N) is 3. The number of H-pyrrole nitrogens is 1. The van der Waals surface area contributed by atoms with E-state index in [1.165, 1.54) is 0 Å². The van der Waals surface area contributed by atoms with Gasteiger partial charge < -0.3 is 10.3 Å². The molecule has 27 heavy (non-hydrogen) atoms. The third-order valence-electron chi connectivity index (χ3n) is 4.64. The van der Waals surface area contributed by atoms with Gasteiger partial charge in [0.1, 0.15) is 0 Å². The summed E-state index contributed by atoms with van der Waals surface area (Å²) >= 11 is 0. The molecule has 3 heterocycles. The van der Waals surface area contributed by atoms with Gasteiger partial charge in [0.15, 0.2) is 5.65 Å². The van der Waals surface area contributed by atoms with E-state index in [9.17, 15) is 9.59 Å². The highest BCUT2D eigenvalue weighted by molar-refractivity contribution is 6.05. The highest BCUT2D eigenvalue weighted by atomic mass is 16.1. The number of rotatable bonds is 5. The minimum atomic E-state index is -0.236. The molecule has 3 aromatic rings. The predicted octanol–water partition coefficient (Wildman–Crippen LogP) is 2.81. The van der Waals surface area contributed by atoms with Crippen LogP contribution in [0.15, 0.2) is 23.1 Å². The number of aromatic nitrogens is 4. The van der Waals surface area contributed by atoms with Crippen LogP contribution in [0.3, 0.4) is 0 Å². The quantitative estimate of drug-likeness (QED) is 0.725. The lowest BCUT2D eigenvalue weighted by Gasteiger charge is -2.11. The molecule has 0 unspecified atom stereocenters. The number of pyridine rings is 2. The van der Waals surface area contributed by atoms with Crippen LogP contribution in [0, 0.1) is 13.8 Å². The minimum Gasteiger partial charge on any atom is -0.348 e. The fourth-order valence-corrected chi connectivity index (χ4v) is 3.18. The number of nitrogens with one attached hydrogen (secondary N) is 2. The zero-order chi connectivity index (χ0) is 19.7. The molecule has 3 aromatic heterocycles. The van der Waals surface area contributed by atoms with Crippen molar-refractivity contribution in [2.75, 3.05) is 0 Å². The molecule has 1 amide bonds. The van der Waals surface area contributed by atoms with E-state index in [0.29, 0.717) is 22.2 Å². The molecular weight excluding hydrogens is 342 g/mol. The van der Waals surface area contributed by atoms with Crippen molar-refractivity contribution in [2.24, 2.45) is 0 Å². The van der Waals surface area contributed by atoms with Gasteiger partial charge in [-0.3, -0.25) is 9.59 Å². The molecule has 7 heteroatoms. The second-order valence-corrected chi connectivity index (χ2v) is 7.06. The number of hydrogen-bond acceptors (Lipinski definition) is 4. The number of aromatic amines is 1. The van der Waals surface area contributed by atoms with Gasteiger partial charge in [-0.2, -0.15) is 5.10 Å². The van der Waals surface area contributed by atoms with Crippen LogP contribution < -0.4 is 10.9 Å². The van der Waals surface area contributed by atoms with E-state index < -0.39 is 0 Å². The summed E-state index contributed by atoms with van der Waals surface area (Å²) in [6.45, 7) is 9.93. The normalized spacial score (nSPS) is 11.3. The Morgan fingerprint density at radius 1 is 1.30 bits per heavy atom. The zero-order valence-electron chi connectivity index (χ0n) is 16.4. The van der Waals surface area contributed by atoms with E-state index in [1.54, 1.807) is 12.3 Å². The van der Waals surface area contributed by atoms with E-state index in [0.717, 1.165) is 23.4 Å². The molecule has 0 spiro atoms. The fraction of sp³-hybridized carbons (Fsp3) is 0.400. The standard InChI is InChI=1S/C20H25N5O2/c1-6-14-8-15(17-10-22-25(11(2)3)18(17)24-14)19(26)21-9-16-12(4)7-13(5)23-20(16)27/h7-8,10-11H,6,9H2,1-5H3,(H,21,26)(H,23,27). The molecule has 0 saturated carbocycles. The van der Waals surface area contributed by atoms with Gasteiger partial charge in [0.25, 0.3) is 11.5 Å². The SMILES string of the molecule is CCc1cc(C(=O)NCc2c(C)cc(C)[nH]c2=O)c2cnn(C(C)C)c2n1. The van der Waals surface area contributed by atoms with Crippen molar-refractivity contribution in [3.05, 3.63) is 56.8 Å². The Morgan fingerprint density at radius 2 is 2.04 bits per heavy atom. The molecule has 7 nitrogen and oxygen atoms in total. The third kappa shape index (κ3) is 3.63. The van der Waals surface area contributed by atoms with Crippen LogP contribution in [-0.2, 0) is 13.0 Å². The first-order chi connectivity index (χ1) is 12.8. The molecule has 0 atom stereocenters. The van der Waals surface area contributed by atoms with Crippen molar-refractivity contribution >= 4 is 16.9 Å². The van der Waals surface area contributed by atoms with E-state index in [2.05, 4.69) is 20.4 Å². The Bertz CT molecular complexity index is 1060. The first-order valence-corrected chi connectivity index (χ1v) is 9.16. The topological polar surface area (TPSA) is 92.7 Å². The molecule has 0 bridgehead atoms. The summed E-state index contributed by atoms with van der Waals surface area (Å²) in [6, 6.07) is 3.85. The summed E-state index contributed by atoms with van der Waals surface area (Å²) in [7, 11) is 0. The van der Waals surface area contributed by atoms with Crippen LogP contribution in [0.5, 0.6) is 0 Å². The van der Waals surface area contributed by atoms with E-state index in [-0.39, 0.29) is 24.1 Å². The Kier molecular flexibility index (Phi) is 5.12. The predicted molar refractivity (Wildman–Crippen MR) is 105 cm³/mol. The highest BCUT2D eigenvalue weighted by Crippen LogP contribution is 2.21. The Labute approximate surface area is 157 Å². The molecular formula is C20H25N5O2. The van der Waals surface area contributed by atoms with E-state index in [1.807, 2.05) is 45.4 Å². The number of fused-ring (bicyclic) bond motifs is 1. The monoisotopic (exact) mass is 367 g/mol. The molecule has 3 rings (SSSR count). The van der Waals surface area contributed by atoms with E-state index >= 15 is 0 Å². The summed E-state index contributed by atoms with van der Waals surface area (Å²) in [5.41, 5.74) is 4.13. The molecule has 0 aliphatic rings. The van der Waals surface area contributed by atoms with Crippen molar-refractivity contribution in [3.8, 4) is 0 Å². The van der Waals surface area contributed by atoms with Gasteiger partial charge in [-0.15, -0.1) is 0 Å². The van der Waals surface area contributed by atoms with Gasteiger partial charge in [-0.1, -0.05) is 6.92 Å². The summed E-state index contributed by atoms with van der Waals surface area (Å²) in [5, 5.41) is 7.98. The van der Waals surface area contributed by atoms with Gasteiger partial charge in [0, 0.05) is 29.5 Å². The van der Waals surface area contributed by atoms with E-state index in [4.69, 9.17) is 0 Å². The van der Waals surface area contributed by atoms with Gasteiger partial charge in [0.2, 0.25) is 0 Å². The highest BCUT2D eigenvalue weighted by Gasteiger charge is 2.18. The van der Waals surface area contributed by atoms with Crippen LogP contribution >= 0.6 is 0 Å². The molecule has 0 aliphatic heterocycles. The average molecular weight is 367 g/mol. The van der Waals surface area contributed by atoms with Crippen molar-refractivity contribution < 1.29 is 4.79 Å². The Balaban J connectivity index is 1.95. The van der Waals surface area contributed by atoms with Crippen LogP contribution in [0.25, 0.3) is 11.0 Å². The molecule has 2 N–H and O–H groups in total. The summed E-state index contributed by atoms with van der Waals surface area (Å²) < 4.78 is 1.82. The van der Waals surface area contributed by atoms with Gasteiger partial charge >= 0.3 is 0 Å². The third-order valence-corrected chi connectivity index (χ3v) is 4.64. The molecule has 0 radical (unpaired) electrons. The molecule has 142 valence electrons. The maximum atomic E-state index is 12.9. The lowest BCUT2D eigenvalue weighted by Crippen LogP contribution is -2.28. The lowest BCUT2D eigenvalue weighted by atomic mass is 10.1. The zero-order valence-corrected chi connectivity index (χ0v) is 16.4. The second kappa shape index (κ2) is 7.34. The maximum Gasteiger partial charge on any atom is 0.253 e. The van der Waals surface area contributed by atoms with Crippen molar-refractivity contribution in [1.82, 2.24) is 25.1 Å². The number of carbonyl (C=O) groups is 1. The van der Waals surface area contributed by atoms with Gasteiger partial charge in [0.05, 0.1) is 17.1 Å². The van der Waals surface area contributed by atoms with Crippen molar-refractivity contribution in [2.45, 2.75) is 53.6 Å². The summed E-state index contributed by atoms with van der Waals surface area (Å²) in [5.74, 6) is -0.236. The van der Waals surface area contributed by atoms with Crippen LogP contribution in [0.1, 0.15) is 59.7 Å². The van der Waals surface area contributed by atoms with Gasteiger partial charge in [-0.25, -0.2) is 9.67 Å². The molecule has 0 fully saturated rings. The van der Waals surface area contributed by atoms with Gasteiger partial charge in [-0.05, 0) is 51.8 Å². The summed E-state index contributed by atoms with van der Waals surface area (Å²) in [6.07, 6.45) is 2.40. The van der Waals surface area contributed by atoms with Crippen molar-refractivity contribution in [3.63, 3.8) is 0 Å². The van der Waals surface area contributed by atoms with Crippen LogP contribution in [-0.4, -0.2) is 25.7 Å². The number of amides is 1. The molecule has 0 aromatic carbocycles. The molecule has 0 aliphatic carbocycles. The number of hydrogen-bond donors (Lipinski definition) is 2. The number of aryl methyl sites for hydroxylation is 3. The average Bonchev–Trinajstić information content (AvgIpc) is 3.03. The first kappa shape index (κ1) is 18.8. The van der Waals surface area contributed by atoms with Crippen LogP contribution in [0.4, 0.5) is 0 Å². The molecule has 0 saturated heterocycles. The van der Waals surface area contributed by atoms with Crippen molar-refractivity contribution in [1.29, 1.82) is 0 Å². The maximum absolute atomic E-state index is 12.9. The largest absolute Gasteiger partial charge is 0.348 e. The fourth-order valence-electron chi connectivity index (χ4n) is 3.18. The number of carbonyl (C=O) groups excluding carboxylic acids is 1. The summed E-state index contributed by atoms with van der Waals surface area (Å²) in [4.78, 5) is 32.5. The lowest BCUT2D eigenvalue weighted by molar-refractivity contribution is 0.0952. The Hall–Kier alpha value is -2.96. The minimum absolute atomic E-state index is 0.145. The first-order valence-electron chi connectivity index (χ1n) is 9.16. The van der Waals surface area contributed by atoms with Crippen LogP contribution in [0.2, 0.25) is 0 Å².